The van der Waals surface area contributed by atoms with E-state index in [2.05, 4.69) is 4.98 Å². The first-order valence-electron chi connectivity index (χ1n) is 8.11. The van der Waals surface area contributed by atoms with E-state index in [4.69, 9.17) is 24.0 Å². The molecule has 0 radical (unpaired) electrons. The molecule has 0 fully saturated rings. The summed E-state index contributed by atoms with van der Waals surface area (Å²) in [4.78, 5) is 39.5. The normalized spacial score (nSPS) is 12.2. The molecule has 0 bridgehead atoms. The van der Waals surface area contributed by atoms with Gasteiger partial charge in [-0.15, -0.1) is 0 Å². The predicted octanol–water partition coefficient (Wildman–Crippen LogP) is 2.77. The Balaban J connectivity index is 2.40. The highest BCUT2D eigenvalue weighted by Gasteiger charge is 2.29. The zero-order valence-corrected chi connectivity index (χ0v) is 15.7. The van der Waals surface area contributed by atoms with Crippen LogP contribution in [0.1, 0.15) is 37.7 Å². The number of nitrogens with zero attached hydrogens (tertiary/aromatic N) is 1. The Bertz CT molecular complexity index is 896. The molecule has 8 heteroatoms. The summed E-state index contributed by atoms with van der Waals surface area (Å²) in [6, 6.07) is 3.44. The number of aromatic nitrogens is 1. The summed E-state index contributed by atoms with van der Waals surface area (Å²) >= 11 is 0. The fourth-order valence-corrected chi connectivity index (χ4v) is 3.15. The number of esters is 2. The first-order valence-corrected chi connectivity index (χ1v) is 8.11. The van der Waals surface area contributed by atoms with E-state index in [1.54, 1.807) is 26.0 Å². The van der Waals surface area contributed by atoms with Crippen molar-refractivity contribution in [2.45, 2.75) is 20.5 Å². The van der Waals surface area contributed by atoms with Crippen molar-refractivity contribution in [2.24, 2.45) is 0 Å². The van der Waals surface area contributed by atoms with Gasteiger partial charge in [-0.1, -0.05) is 0 Å². The van der Waals surface area contributed by atoms with E-state index in [0.29, 0.717) is 34.0 Å². The Kier molecular flexibility index (Phi) is 5.00. The quantitative estimate of drug-likeness (QED) is 0.597. The number of pyridine rings is 1. The second kappa shape index (κ2) is 7.24. The number of benzene rings is 1. The minimum absolute atomic E-state index is 0.185. The summed E-state index contributed by atoms with van der Waals surface area (Å²) in [5.41, 5.74) is 2.91. The number of hydrogen-bond donors (Lipinski definition) is 0. The Morgan fingerprint density at radius 1 is 1.00 bits per heavy atom. The third kappa shape index (κ3) is 3.08. The van der Waals surface area contributed by atoms with Crippen LogP contribution in [0.5, 0.6) is 11.5 Å². The van der Waals surface area contributed by atoms with E-state index in [1.807, 2.05) is 0 Å². The minimum Gasteiger partial charge on any atom is -0.493 e. The van der Waals surface area contributed by atoms with Gasteiger partial charge in [-0.3, -0.25) is 4.98 Å². The number of aryl methyl sites for hydroxylation is 2. The van der Waals surface area contributed by atoms with Crippen LogP contribution in [0.15, 0.2) is 12.1 Å². The molecule has 0 unspecified atom stereocenters. The van der Waals surface area contributed by atoms with Crippen molar-refractivity contribution < 1.29 is 33.6 Å². The molecule has 0 N–H and O–H groups in total. The van der Waals surface area contributed by atoms with Crippen LogP contribution in [-0.4, -0.2) is 38.3 Å². The molecule has 0 atom stereocenters. The summed E-state index contributed by atoms with van der Waals surface area (Å²) in [6.45, 7) is 3.57. The monoisotopic (exact) mass is 373 g/mol. The lowest BCUT2D eigenvalue weighted by Crippen LogP contribution is -2.16. The van der Waals surface area contributed by atoms with E-state index in [9.17, 15) is 9.59 Å². The number of carbonyl (C=O) groups is 2. The van der Waals surface area contributed by atoms with Crippen LogP contribution in [-0.2, 0) is 21.0 Å². The molecule has 1 aliphatic heterocycles. The highest BCUT2D eigenvalue weighted by atomic mass is 17.2. The van der Waals surface area contributed by atoms with Gasteiger partial charge in [0.15, 0.2) is 5.75 Å². The summed E-state index contributed by atoms with van der Waals surface area (Å²) in [7, 11) is 4.04. The third-order valence-corrected chi connectivity index (χ3v) is 4.34. The second-order valence-corrected chi connectivity index (χ2v) is 5.90. The molecule has 0 saturated heterocycles. The van der Waals surface area contributed by atoms with Crippen LogP contribution in [0.2, 0.25) is 0 Å². The van der Waals surface area contributed by atoms with Crippen molar-refractivity contribution in [1.29, 1.82) is 0 Å². The fourth-order valence-electron chi connectivity index (χ4n) is 3.15. The van der Waals surface area contributed by atoms with E-state index >= 15 is 0 Å². The van der Waals surface area contributed by atoms with Gasteiger partial charge in [-0.2, -0.15) is 4.89 Å². The SMILES string of the molecule is COC(=O)c1c(C)nc(C)c(C(=O)OC)c1-c1cc2c(c(OC)c1)OOC2. The molecule has 2 heterocycles. The molecule has 8 nitrogen and oxygen atoms in total. The second-order valence-electron chi connectivity index (χ2n) is 5.90. The Morgan fingerprint density at radius 3 is 2.11 bits per heavy atom. The molecule has 0 saturated carbocycles. The maximum absolute atomic E-state index is 12.5. The first kappa shape index (κ1) is 18.7. The molecule has 1 aliphatic rings. The van der Waals surface area contributed by atoms with Gasteiger partial charge >= 0.3 is 11.9 Å². The zero-order valence-electron chi connectivity index (χ0n) is 15.7. The highest BCUT2D eigenvalue weighted by molar-refractivity contribution is 6.07. The Hall–Kier alpha value is -3.13. The van der Waals surface area contributed by atoms with Gasteiger partial charge in [0.05, 0.1) is 43.8 Å². The van der Waals surface area contributed by atoms with Crippen LogP contribution in [0.3, 0.4) is 0 Å². The van der Waals surface area contributed by atoms with Gasteiger partial charge < -0.3 is 19.1 Å². The zero-order chi connectivity index (χ0) is 19.7. The summed E-state index contributed by atoms with van der Waals surface area (Å²) in [5.74, 6) is -0.332. The smallest absolute Gasteiger partial charge is 0.340 e. The van der Waals surface area contributed by atoms with Crippen molar-refractivity contribution >= 4 is 11.9 Å². The Labute approximate surface area is 155 Å². The molecular weight excluding hydrogens is 354 g/mol. The number of ether oxygens (including phenoxy) is 3. The maximum Gasteiger partial charge on any atom is 0.340 e. The molecule has 142 valence electrons. The molecule has 3 rings (SSSR count). The van der Waals surface area contributed by atoms with Crippen molar-refractivity contribution in [3.63, 3.8) is 0 Å². The predicted molar refractivity (Wildman–Crippen MR) is 93.8 cm³/mol. The first-order chi connectivity index (χ1) is 12.9. The number of rotatable bonds is 4. The van der Waals surface area contributed by atoms with Crippen LogP contribution >= 0.6 is 0 Å². The molecule has 0 aliphatic carbocycles. The van der Waals surface area contributed by atoms with Crippen LogP contribution in [0.4, 0.5) is 0 Å². The van der Waals surface area contributed by atoms with Crippen LogP contribution in [0, 0.1) is 13.8 Å². The molecule has 1 aromatic heterocycles. The Morgan fingerprint density at radius 2 is 1.59 bits per heavy atom. The standard InChI is InChI=1S/C19H19NO7/c1-9-14(18(21)24-4)16(15(10(2)20-9)19(22)25-5)11-6-12-8-26-27-17(12)13(7-11)23-3/h6-7H,8H2,1-5H3. The van der Waals surface area contributed by atoms with Crippen LogP contribution in [0.25, 0.3) is 11.1 Å². The molecule has 27 heavy (non-hydrogen) atoms. The van der Waals surface area contributed by atoms with Gasteiger partial charge in [0.1, 0.15) is 6.61 Å². The summed E-state index contributed by atoms with van der Waals surface area (Å²) < 4.78 is 15.2. The van der Waals surface area contributed by atoms with Crippen molar-refractivity contribution in [3.05, 3.63) is 40.2 Å². The molecule has 0 spiro atoms. The number of hydrogen-bond acceptors (Lipinski definition) is 8. The van der Waals surface area contributed by atoms with Crippen molar-refractivity contribution in [2.75, 3.05) is 21.3 Å². The number of fused-ring (bicyclic) bond motifs is 1. The average Bonchev–Trinajstić information content (AvgIpc) is 3.14. The third-order valence-electron chi connectivity index (χ3n) is 4.34. The summed E-state index contributed by atoms with van der Waals surface area (Å²) in [5, 5.41) is 0. The fraction of sp³-hybridized carbons (Fsp3) is 0.316. The van der Waals surface area contributed by atoms with E-state index in [0.717, 1.165) is 5.56 Å². The lowest BCUT2D eigenvalue weighted by molar-refractivity contribution is -0.195. The van der Waals surface area contributed by atoms with Crippen molar-refractivity contribution in [3.8, 4) is 22.6 Å². The lowest BCUT2D eigenvalue weighted by atomic mass is 9.91. The molecule has 2 aromatic rings. The number of carbonyl (C=O) groups excluding carboxylic acids is 2. The topological polar surface area (TPSA) is 93.2 Å². The molecular formula is C19H19NO7. The number of methoxy groups -OCH3 is 3. The van der Waals surface area contributed by atoms with E-state index in [1.165, 1.54) is 21.3 Å². The molecule has 0 amide bonds. The van der Waals surface area contributed by atoms with Gasteiger partial charge in [-0.05, 0) is 31.5 Å². The van der Waals surface area contributed by atoms with Gasteiger partial charge in [0.25, 0.3) is 0 Å². The average molecular weight is 373 g/mol. The minimum atomic E-state index is -0.605. The van der Waals surface area contributed by atoms with Crippen LogP contribution < -0.4 is 9.62 Å². The highest BCUT2D eigenvalue weighted by Crippen LogP contribution is 2.42. The van der Waals surface area contributed by atoms with Gasteiger partial charge in [0, 0.05) is 11.1 Å². The van der Waals surface area contributed by atoms with E-state index in [-0.39, 0.29) is 17.7 Å². The summed E-state index contributed by atoms with van der Waals surface area (Å²) in [6.07, 6.45) is 0. The lowest BCUT2D eigenvalue weighted by Gasteiger charge is -2.18. The van der Waals surface area contributed by atoms with Gasteiger partial charge in [0.2, 0.25) is 5.75 Å². The van der Waals surface area contributed by atoms with Crippen molar-refractivity contribution in [1.82, 2.24) is 4.98 Å². The van der Waals surface area contributed by atoms with E-state index < -0.39 is 11.9 Å². The van der Waals surface area contributed by atoms with Gasteiger partial charge in [-0.25, -0.2) is 9.59 Å². The largest absolute Gasteiger partial charge is 0.493 e. The maximum atomic E-state index is 12.5. The molecule has 1 aromatic carbocycles.